The Labute approximate surface area is 116 Å². The third-order valence-electron chi connectivity index (χ3n) is 4.14. The number of aldehydes is 1. The van der Waals surface area contributed by atoms with E-state index in [4.69, 9.17) is 0 Å². The number of carbonyl (C=O) groups excluding carboxylic acids is 1. The van der Waals surface area contributed by atoms with Gasteiger partial charge in [-0.25, -0.2) is 0 Å². The van der Waals surface area contributed by atoms with Gasteiger partial charge in [-0.05, 0) is 36.5 Å². The molecule has 2 nitrogen and oxygen atoms in total. The Morgan fingerprint density at radius 1 is 1.25 bits per heavy atom. The normalized spacial score (nSPS) is 23.8. The summed E-state index contributed by atoms with van der Waals surface area (Å²) in [7, 11) is 0. The fraction of sp³-hybridized carbons (Fsp3) is 0.533. The molecule has 1 aliphatic rings. The molecular weight excluding hydrogens is 267 g/mol. The molecular formula is C15H18F3NO. The number of alkyl halides is 3. The lowest BCUT2D eigenvalue weighted by atomic mass is 9.88. The molecule has 2 unspecified atom stereocenters. The lowest BCUT2D eigenvalue weighted by molar-refractivity contribution is -0.137. The number of hydrogen-bond donors (Lipinski definition) is 0. The van der Waals surface area contributed by atoms with Crippen molar-refractivity contribution in [1.29, 1.82) is 0 Å². The molecule has 0 bridgehead atoms. The van der Waals surface area contributed by atoms with Gasteiger partial charge in [0.05, 0.1) is 5.56 Å². The van der Waals surface area contributed by atoms with Crippen molar-refractivity contribution in [1.82, 2.24) is 0 Å². The standard InChI is InChI=1S/C15H18F3NO/c1-10-5-6-19(8-11(10)2)14-4-3-12(9-20)7-13(14)15(16,17)18/h3-4,7,9-11H,5-6,8H2,1-2H3. The van der Waals surface area contributed by atoms with Gasteiger partial charge in [0.25, 0.3) is 0 Å². The smallest absolute Gasteiger partial charge is 0.371 e. The SMILES string of the molecule is CC1CCN(c2ccc(C=O)cc2C(F)(F)F)CC1C. The molecule has 0 N–H and O–H groups in total. The Kier molecular flexibility index (Phi) is 4.06. The molecule has 2 atom stereocenters. The molecule has 0 radical (unpaired) electrons. The van der Waals surface area contributed by atoms with Gasteiger partial charge in [-0.2, -0.15) is 13.2 Å². The fourth-order valence-electron chi connectivity index (χ4n) is 2.61. The van der Waals surface area contributed by atoms with Crippen molar-refractivity contribution in [2.24, 2.45) is 11.8 Å². The van der Waals surface area contributed by atoms with Gasteiger partial charge in [-0.15, -0.1) is 0 Å². The minimum Gasteiger partial charge on any atom is -0.371 e. The van der Waals surface area contributed by atoms with Gasteiger partial charge in [0.15, 0.2) is 0 Å². The zero-order valence-corrected chi connectivity index (χ0v) is 11.6. The molecule has 20 heavy (non-hydrogen) atoms. The fourth-order valence-corrected chi connectivity index (χ4v) is 2.61. The molecule has 1 fully saturated rings. The molecule has 0 aromatic heterocycles. The van der Waals surface area contributed by atoms with Gasteiger partial charge in [-0.1, -0.05) is 13.8 Å². The van der Waals surface area contributed by atoms with Crippen molar-refractivity contribution in [3.05, 3.63) is 29.3 Å². The van der Waals surface area contributed by atoms with E-state index in [0.29, 0.717) is 31.2 Å². The van der Waals surface area contributed by atoms with Crippen molar-refractivity contribution in [2.75, 3.05) is 18.0 Å². The first-order valence-corrected chi connectivity index (χ1v) is 6.74. The van der Waals surface area contributed by atoms with Crippen LogP contribution in [0.15, 0.2) is 18.2 Å². The van der Waals surface area contributed by atoms with E-state index in [9.17, 15) is 18.0 Å². The predicted molar refractivity (Wildman–Crippen MR) is 72.0 cm³/mol. The first-order chi connectivity index (χ1) is 9.32. The molecule has 1 aromatic carbocycles. The Morgan fingerprint density at radius 2 is 1.95 bits per heavy atom. The zero-order valence-electron chi connectivity index (χ0n) is 11.6. The van der Waals surface area contributed by atoms with Crippen molar-refractivity contribution in [3.63, 3.8) is 0 Å². The highest BCUT2D eigenvalue weighted by Crippen LogP contribution is 2.39. The topological polar surface area (TPSA) is 20.3 Å². The third kappa shape index (κ3) is 2.97. The predicted octanol–water partition coefficient (Wildman–Crippen LogP) is 4.00. The summed E-state index contributed by atoms with van der Waals surface area (Å²) in [5.41, 5.74) is -0.481. The Hall–Kier alpha value is -1.52. The molecule has 1 aromatic rings. The van der Waals surface area contributed by atoms with Gasteiger partial charge < -0.3 is 4.90 Å². The summed E-state index contributed by atoms with van der Waals surface area (Å²) in [6.07, 6.45) is -3.12. The molecule has 0 amide bonds. The van der Waals surface area contributed by atoms with Gasteiger partial charge >= 0.3 is 6.18 Å². The molecule has 0 aliphatic carbocycles. The van der Waals surface area contributed by atoms with E-state index in [0.717, 1.165) is 12.5 Å². The quantitative estimate of drug-likeness (QED) is 0.765. The van der Waals surface area contributed by atoms with E-state index in [2.05, 4.69) is 13.8 Å². The number of benzene rings is 1. The van der Waals surface area contributed by atoms with Crippen molar-refractivity contribution in [2.45, 2.75) is 26.4 Å². The van der Waals surface area contributed by atoms with Crippen LogP contribution in [0.25, 0.3) is 0 Å². The Morgan fingerprint density at radius 3 is 2.50 bits per heavy atom. The van der Waals surface area contributed by atoms with E-state index in [1.165, 1.54) is 12.1 Å². The molecule has 0 saturated carbocycles. The summed E-state index contributed by atoms with van der Waals surface area (Å²) in [4.78, 5) is 12.5. The minimum atomic E-state index is -4.44. The van der Waals surface area contributed by atoms with Crippen molar-refractivity contribution in [3.8, 4) is 0 Å². The van der Waals surface area contributed by atoms with Crippen LogP contribution in [0.3, 0.4) is 0 Å². The molecule has 110 valence electrons. The zero-order chi connectivity index (χ0) is 14.9. The number of halogens is 3. The summed E-state index contributed by atoms with van der Waals surface area (Å²) < 4.78 is 39.5. The van der Waals surface area contributed by atoms with Crippen LogP contribution < -0.4 is 4.90 Å². The number of carbonyl (C=O) groups is 1. The molecule has 1 heterocycles. The van der Waals surface area contributed by atoms with Crippen LogP contribution in [0.4, 0.5) is 18.9 Å². The Bertz CT molecular complexity index is 498. The molecule has 1 saturated heterocycles. The van der Waals surface area contributed by atoms with Crippen LogP contribution in [0.5, 0.6) is 0 Å². The van der Waals surface area contributed by atoms with Gasteiger partial charge in [0.1, 0.15) is 6.29 Å². The number of nitrogens with zero attached hydrogens (tertiary/aromatic N) is 1. The van der Waals surface area contributed by atoms with Crippen LogP contribution in [0.2, 0.25) is 0 Å². The van der Waals surface area contributed by atoms with Crippen molar-refractivity contribution < 1.29 is 18.0 Å². The first-order valence-electron chi connectivity index (χ1n) is 6.74. The number of hydrogen-bond acceptors (Lipinski definition) is 2. The summed E-state index contributed by atoms with van der Waals surface area (Å²) >= 11 is 0. The maximum atomic E-state index is 13.2. The summed E-state index contributed by atoms with van der Waals surface area (Å²) in [6, 6.07) is 3.79. The van der Waals surface area contributed by atoms with Crippen LogP contribution in [-0.2, 0) is 6.18 Å². The average Bonchev–Trinajstić information content (AvgIpc) is 2.40. The third-order valence-corrected chi connectivity index (χ3v) is 4.14. The second-order valence-electron chi connectivity index (χ2n) is 5.58. The number of rotatable bonds is 2. The highest BCUT2D eigenvalue weighted by atomic mass is 19.4. The van der Waals surface area contributed by atoms with Gasteiger partial charge in [0, 0.05) is 24.3 Å². The lowest BCUT2D eigenvalue weighted by Crippen LogP contribution is -2.39. The highest BCUT2D eigenvalue weighted by Gasteiger charge is 2.36. The van der Waals surface area contributed by atoms with Crippen LogP contribution in [-0.4, -0.2) is 19.4 Å². The largest absolute Gasteiger partial charge is 0.418 e. The average molecular weight is 285 g/mol. The second-order valence-corrected chi connectivity index (χ2v) is 5.58. The lowest BCUT2D eigenvalue weighted by Gasteiger charge is -2.38. The minimum absolute atomic E-state index is 0.0551. The summed E-state index contributed by atoms with van der Waals surface area (Å²) in [5, 5.41) is 0. The van der Waals surface area contributed by atoms with Crippen LogP contribution >= 0.6 is 0 Å². The van der Waals surface area contributed by atoms with E-state index < -0.39 is 11.7 Å². The van der Waals surface area contributed by atoms with Gasteiger partial charge in [-0.3, -0.25) is 4.79 Å². The van der Waals surface area contributed by atoms with E-state index >= 15 is 0 Å². The Balaban J connectivity index is 2.38. The second kappa shape index (κ2) is 5.46. The summed E-state index contributed by atoms with van der Waals surface area (Å²) in [5.74, 6) is 0.880. The molecule has 5 heteroatoms. The van der Waals surface area contributed by atoms with E-state index in [1.54, 1.807) is 4.90 Å². The molecule has 2 rings (SSSR count). The monoisotopic (exact) mass is 285 g/mol. The number of anilines is 1. The van der Waals surface area contributed by atoms with E-state index in [-0.39, 0.29) is 11.3 Å². The molecule has 0 spiro atoms. The summed E-state index contributed by atoms with van der Waals surface area (Å²) in [6.45, 7) is 5.42. The maximum Gasteiger partial charge on any atom is 0.418 e. The maximum absolute atomic E-state index is 13.2. The van der Waals surface area contributed by atoms with Crippen LogP contribution in [0.1, 0.15) is 36.2 Å². The molecule has 1 aliphatic heterocycles. The highest BCUT2D eigenvalue weighted by molar-refractivity contribution is 5.77. The van der Waals surface area contributed by atoms with Crippen molar-refractivity contribution >= 4 is 12.0 Å². The van der Waals surface area contributed by atoms with Gasteiger partial charge in [0.2, 0.25) is 0 Å². The van der Waals surface area contributed by atoms with E-state index in [1.807, 2.05) is 0 Å². The first kappa shape index (κ1) is 14.9. The van der Waals surface area contributed by atoms with Crippen LogP contribution in [0, 0.1) is 11.8 Å². The number of piperidine rings is 1.